The first-order chi connectivity index (χ1) is 5.18. The quantitative estimate of drug-likeness (QED) is 0.583. The minimum atomic E-state index is -0.479. The molecule has 0 unspecified atom stereocenters. The summed E-state index contributed by atoms with van der Waals surface area (Å²) in [5, 5.41) is 11.8. The van der Waals surface area contributed by atoms with Crippen molar-refractivity contribution in [3.05, 3.63) is 37.1 Å². The lowest BCUT2D eigenvalue weighted by atomic mass is 10.4. The van der Waals surface area contributed by atoms with Gasteiger partial charge >= 0.3 is 0 Å². The summed E-state index contributed by atoms with van der Waals surface area (Å²) in [6.45, 7) is 0. The molecule has 1 heterocycles. The molecule has 0 bridgehead atoms. The third-order valence-electron chi connectivity index (χ3n) is 0.948. The van der Waals surface area contributed by atoms with Gasteiger partial charge in [0, 0.05) is 20.8 Å². The predicted molar refractivity (Wildman–Crippen MR) is 48.0 cm³/mol. The zero-order chi connectivity index (χ0) is 8.27. The topological polar surface area (TPSA) is 43.1 Å². The minimum Gasteiger partial charge on any atom is -0.259 e. The summed E-state index contributed by atoms with van der Waals surface area (Å²) in [5.74, 6) is 0. The Bertz CT molecular complexity index is 295. The summed E-state index contributed by atoms with van der Waals surface area (Å²) in [6.07, 6.45) is 2.40. The number of hydrogen-bond donors (Lipinski definition) is 0. The fourth-order valence-electron chi connectivity index (χ4n) is 0.550. The van der Waals surface area contributed by atoms with Crippen LogP contribution in [0.4, 0.5) is 0 Å². The van der Waals surface area contributed by atoms with Gasteiger partial charge in [-0.2, -0.15) is 0 Å². The van der Waals surface area contributed by atoms with Gasteiger partial charge in [0.25, 0.3) is 0 Å². The van der Waals surface area contributed by atoms with Gasteiger partial charge in [-0.25, -0.2) is 0 Å². The normalized spacial score (nSPS) is 10.6. The Morgan fingerprint density at radius 2 is 2.45 bits per heavy atom. The summed E-state index contributed by atoms with van der Waals surface area (Å²) >= 11 is 4.70. The van der Waals surface area contributed by atoms with E-state index >= 15 is 0 Å². The van der Waals surface area contributed by atoms with Crippen LogP contribution in [0, 0.1) is 10.1 Å². The van der Waals surface area contributed by atoms with E-state index in [2.05, 4.69) is 15.9 Å². The summed E-state index contributed by atoms with van der Waals surface area (Å²) in [6, 6.07) is 1.82. The van der Waals surface area contributed by atoms with Crippen LogP contribution in [0.5, 0.6) is 0 Å². The largest absolute Gasteiger partial charge is 0.259 e. The van der Waals surface area contributed by atoms with Gasteiger partial charge in [-0.05, 0) is 22.0 Å². The molecule has 0 aliphatic rings. The Hall–Kier alpha value is -0.680. The van der Waals surface area contributed by atoms with Crippen molar-refractivity contribution in [2.24, 2.45) is 0 Å². The number of rotatable bonds is 2. The van der Waals surface area contributed by atoms with Crippen LogP contribution >= 0.6 is 27.3 Å². The van der Waals surface area contributed by atoms with Gasteiger partial charge in [-0.3, -0.25) is 10.1 Å². The van der Waals surface area contributed by atoms with Crippen molar-refractivity contribution >= 4 is 33.3 Å². The number of thiophene rings is 1. The highest BCUT2D eigenvalue weighted by atomic mass is 79.9. The van der Waals surface area contributed by atoms with Crippen LogP contribution in [-0.2, 0) is 0 Å². The lowest BCUT2D eigenvalue weighted by Crippen LogP contribution is -1.80. The van der Waals surface area contributed by atoms with Crippen molar-refractivity contribution in [3.63, 3.8) is 0 Å². The summed E-state index contributed by atoms with van der Waals surface area (Å²) in [4.78, 5) is 10.3. The van der Waals surface area contributed by atoms with E-state index in [-0.39, 0.29) is 0 Å². The molecule has 5 heteroatoms. The van der Waals surface area contributed by atoms with Gasteiger partial charge < -0.3 is 0 Å². The first kappa shape index (κ1) is 8.42. The lowest BCUT2D eigenvalue weighted by Gasteiger charge is -1.77. The van der Waals surface area contributed by atoms with E-state index in [0.717, 1.165) is 15.5 Å². The molecule has 0 atom stereocenters. The molecule has 0 radical (unpaired) electrons. The smallest absolute Gasteiger partial charge is 0.235 e. The molecule has 3 nitrogen and oxygen atoms in total. The zero-order valence-corrected chi connectivity index (χ0v) is 7.76. The second kappa shape index (κ2) is 3.64. The predicted octanol–water partition coefficient (Wildman–Crippen LogP) is 2.76. The van der Waals surface area contributed by atoms with Gasteiger partial charge in [0.05, 0.1) is 4.92 Å². The van der Waals surface area contributed by atoms with Crippen LogP contribution in [0.3, 0.4) is 0 Å². The number of halogens is 1. The second-order valence-corrected chi connectivity index (χ2v) is 3.63. The summed E-state index contributed by atoms with van der Waals surface area (Å²) in [5.41, 5.74) is 0. The SMILES string of the molecule is O=[N+]([O-])C=Cc1cc(Br)cs1. The average molecular weight is 234 g/mol. The highest BCUT2D eigenvalue weighted by Gasteiger charge is 1.93. The van der Waals surface area contributed by atoms with Crippen LogP contribution in [0.1, 0.15) is 4.88 Å². The molecule has 1 aromatic heterocycles. The molecule has 1 aromatic rings. The molecule has 0 amide bonds. The molecule has 0 aromatic carbocycles. The van der Waals surface area contributed by atoms with E-state index in [1.165, 1.54) is 17.4 Å². The Morgan fingerprint density at radius 3 is 2.91 bits per heavy atom. The highest BCUT2D eigenvalue weighted by Crippen LogP contribution is 2.20. The van der Waals surface area contributed by atoms with Crippen LogP contribution < -0.4 is 0 Å². The number of hydrogen-bond acceptors (Lipinski definition) is 3. The van der Waals surface area contributed by atoms with E-state index in [9.17, 15) is 10.1 Å². The number of nitro groups is 1. The molecule has 11 heavy (non-hydrogen) atoms. The van der Waals surface area contributed by atoms with Crippen molar-refractivity contribution < 1.29 is 4.92 Å². The third kappa shape index (κ3) is 2.81. The molecule has 0 saturated carbocycles. The van der Waals surface area contributed by atoms with Gasteiger partial charge in [0.15, 0.2) is 0 Å². The van der Waals surface area contributed by atoms with E-state index in [4.69, 9.17) is 0 Å². The van der Waals surface area contributed by atoms with E-state index in [1.54, 1.807) is 0 Å². The fourth-order valence-corrected chi connectivity index (χ4v) is 1.88. The van der Waals surface area contributed by atoms with E-state index in [0.29, 0.717) is 0 Å². The van der Waals surface area contributed by atoms with E-state index < -0.39 is 4.92 Å². The molecule has 0 aliphatic carbocycles. The Labute approximate surface area is 75.6 Å². The van der Waals surface area contributed by atoms with Crippen LogP contribution in [-0.4, -0.2) is 4.92 Å². The molecule has 0 saturated heterocycles. The standard InChI is InChI=1S/C6H4BrNO2S/c7-5-3-6(11-4-5)1-2-8(9)10/h1-4H. The Balaban J connectivity index is 2.71. The van der Waals surface area contributed by atoms with Gasteiger partial charge in [0.1, 0.15) is 0 Å². The first-order valence-electron chi connectivity index (χ1n) is 2.74. The van der Waals surface area contributed by atoms with Crippen molar-refractivity contribution in [3.8, 4) is 0 Å². The molecule has 0 spiro atoms. The minimum absolute atomic E-state index is 0.479. The van der Waals surface area contributed by atoms with Crippen LogP contribution in [0.2, 0.25) is 0 Å². The summed E-state index contributed by atoms with van der Waals surface area (Å²) < 4.78 is 0.950. The number of nitrogens with zero attached hydrogens (tertiary/aromatic N) is 1. The molecular formula is C6H4BrNO2S. The highest BCUT2D eigenvalue weighted by molar-refractivity contribution is 9.10. The fraction of sp³-hybridized carbons (Fsp3) is 0. The van der Waals surface area contributed by atoms with Crippen molar-refractivity contribution in [2.75, 3.05) is 0 Å². The van der Waals surface area contributed by atoms with Gasteiger partial charge in [0.2, 0.25) is 6.20 Å². The molecule has 0 fully saturated rings. The van der Waals surface area contributed by atoms with Crippen LogP contribution in [0.15, 0.2) is 22.1 Å². The average Bonchev–Trinajstić information content (AvgIpc) is 2.31. The monoisotopic (exact) mass is 233 g/mol. The maximum absolute atomic E-state index is 9.89. The lowest BCUT2D eigenvalue weighted by molar-refractivity contribution is -0.400. The van der Waals surface area contributed by atoms with E-state index in [1.807, 2.05) is 11.4 Å². The van der Waals surface area contributed by atoms with Crippen molar-refractivity contribution in [1.29, 1.82) is 0 Å². The maximum atomic E-state index is 9.89. The Kier molecular flexibility index (Phi) is 2.78. The molecule has 1 rings (SSSR count). The zero-order valence-electron chi connectivity index (χ0n) is 5.36. The molecule has 58 valence electrons. The molecule has 0 aliphatic heterocycles. The van der Waals surface area contributed by atoms with Crippen molar-refractivity contribution in [2.45, 2.75) is 0 Å². The second-order valence-electron chi connectivity index (χ2n) is 1.77. The molecule has 0 N–H and O–H groups in total. The van der Waals surface area contributed by atoms with Gasteiger partial charge in [-0.15, -0.1) is 11.3 Å². The summed E-state index contributed by atoms with van der Waals surface area (Å²) in [7, 11) is 0. The molecular weight excluding hydrogens is 230 g/mol. The van der Waals surface area contributed by atoms with Crippen molar-refractivity contribution in [1.82, 2.24) is 0 Å². The Morgan fingerprint density at radius 1 is 1.73 bits per heavy atom. The van der Waals surface area contributed by atoms with Crippen LogP contribution in [0.25, 0.3) is 6.08 Å². The maximum Gasteiger partial charge on any atom is 0.235 e. The first-order valence-corrected chi connectivity index (χ1v) is 4.41. The van der Waals surface area contributed by atoms with Gasteiger partial charge in [-0.1, -0.05) is 0 Å². The third-order valence-corrected chi connectivity index (χ3v) is 2.61.